The van der Waals surface area contributed by atoms with Gasteiger partial charge < -0.3 is 14.0 Å². The smallest absolute Gasteiger partial charge is 0.227 e. The number of hydrogen-bond acceptors (Lipinski definition) is 6. The molecule has 3 rings (SSSR count). The first-order chi connectivity index (χ1) is 13.9. The van der Waals surface area contributed by atoms with Crippen LogP contribution in [0.3, 0.4) is 0 Å². The van der Waals surface area contributed by atoms with Gasteiger partial charge in [-0.3, -0.25) is 4.90 Å². The molecule has 0 saturated heterocycles. The van der Waals surface area contributed by atoms with E-state index in [4.69, 9.17) is 9.47 Å². The van der Waals surface area contributed by atoms with Crippen molar-refractivity contribution < 1.29 is 17.9 Å². The van der Waals surface area contributed by atoms with E-state index in [1.54, 1.807) is 25.0 Å². The monoisotopic (exact) mass is 421 g/mol. The van der Waals surface area contributed by atoms with Crippen molar-refractivity contribution in [3.05, 3.63) is 41.7 Å². The van der Waals surface area contributed by atoms with E-state index in [-0.39, 0.29) is 22.9 Å². The summed E-state index contributed by atoms with van der Waals surface area (Å²) in [4.78, 5) is 6.48. The molecule has 0 bridgehead atoms. The van der Waals surface area contributed by atoms with Gasteiger partial charge in [0.1, 0.15) is 5.75 Å². The molecule has 7 nitrogen and oxygen atoms in total. The fourth-order valence-corrected chi connectivity index (χ4v) is 5.27. The Morgan fingerprint density at radius 1 is 1.31 bits per heavy atom. The minimum atomic E-state index is -3.39. The topological polar surface area (TPSA) is 73.7 Å². The molecule has 1 saturated carbocycles. The number of ether oxygens (including phenoxy) is 2. The van der Waals surface area contributed by atoms with Gasteiger partial charge in [0.2, 0.25) is 15.0 Å². The summed E-state index contributed by atoms with van der Waals surface area (Å²) in [6.07, 6.45) is 3.67. The molecule has 1 heterocycles. The van der Waals surface area contributed by atoms with Crippen molar-refractivity contribution in [2.75, 3.05) is 33.6 Å². The first kappa shape index (κ1) is 21.8. The largest absolute Gasteiger partial charge is 0.497 e. The van der Waals surface area contributed by atoms with Crippen molar-refractivity contribution in [3.8, 4) is 5.75 Å². The molecule has 8 heteroatoms. The Morgan fingerprint density at radius 3 is 2.72 bits per heavy atom. The summed E-state index contributed by atoms with van der Waals surface area (Å²) in [6.45, 7) is 3.60. The fraction of sp³-hybridized carbons (Fsp3) is 0.571. The zero-order valence-corrected chi connectivity index (χ0v) is 18.5. The van der Waals surface area contributed by atoms with Crippen LogP contribution >= 0.6 is 0 Å². The van der Waals surface area contributed by atoms with E-state index in [2.05, 4.69) is 22.9 Å². The molecule has 0 spiro atoms. The molecule has 0 N–H and O–H groups in total. The van der Waals surface area contributed by atoms with Crippen molar-refractivity contribution in [2.45, 2.75) is 44.1 Å². The molecule has 160 valence electrons. The fourth-order valence-electron chi connectivity index (χ4n) is 3.41. The van der Waals surface area contributed by atoms with Gasteiger partial charge in [-0.2, -0.15) is 0 Å². The van der Waals surface area contributed by atoms with Gasteiger partial charge in [0.25, 0.3) is 0 Å². The van der Waals surface area contributed by atoms with Gasteiger partial charge in [-0.1, -0.05) is 12.1 Å². The SMILES string of the molecule is COCCn1c(CN(C)C(C)c2cccc(OC)c2)cnc1S(=O)(=O)CC1CC1. The molecule has 29 heavy (non-hydrogen) atoms. The van der Waals surface area contributed by atoms with Gasteiger partial charge in [-0.15, -0.1) is 0 Å². The van der Waals surface area contributed by atoms with Crippen LogP contribution in [0.2, 0.25) is 0 Å². The number of aromatic nitrogens is 2. The van der Waals surface area contributed by atoms with Crippen LogP contribution in [-0.4, -0.2) is 56.5 Å². The van der Waals surface area contributed by atoms with Crippen LogP contribution < -0.4 is 4.74 Å². The van der Waals surface area contributed by atoms with Crippen LogP contribution in [0.25, 0.3) is 0 Å². The van der Waals surface area contributed by atoms with E-state index < -0.39 is 9.84 Å². The molecule has 2 aromatic rings. The highest BCUT2D eigenvalue weighted by atomic mass is 32.2. The lowest BCUT2D eigenvalue weighted by Crippen LogP contribution is -2.25. The van der Waals surface area contributed by atoms with E-state index in [1.807, 2.05) is 25.2 Å². The Balaban J connectivity index is 1.81. The molecule has 1 aromatic heterocycles. The summed E-state index contributed by atoms with van der Waals surface area (Å²) < 4.78 is 38.0. The summed E-state index contributed by atoms with van der Waals surface area (Å²) in [5.74, 6) is 1.29. The highest BCUT2D eigenvalue weighted by molar-refractivity contribution is 7.91. The second-order valence-corrected chi connectivity index (χ2v) is 9.70. The molecule has 1 aliphatic rings. The lowest BCUT2D eigenvalue weighted by molar-refractivity contribution is 0.180. The van der Waals surface area contributed by atoms with E-state index >= 15 is 0 Å². The average molecular weight is 422 g/mol. The third kappa shape index (κ3) is 5.38. The maximum absolute atomic E-state index is 12.8. The zero-order chi connectivity index (χ0) is 21.0. The van der Waals surface area contributed by atoms with Crippen molar-refractivity contribution in [1.82, 2.24) is 14.5 Å². The third-order valence-electron chi connectivity index (χ3n) is 5.50. The predicted molar refractivity (Wildman–Crippen MR) is 112 cm³/mol. The maximum Gasteiger partial charge on any atom is 0.227 e. The summed E-state index contributed by atoms with van der Waals surface area (Å²) in [5.41, 5.74) is 2.00. The second-order valence-electron chi connectivity index (χ2n) is 7.77. The average Bonchev–Trinajstić information content (AvgIpc) is 3.42. The molecular formula is C21H31N3O4S. The Hall–Kier alpha value is -1.90. The zero-order valence-electron chi connectivity index (χ0n) is 17.7. The number of hydrogen-bond donors (Lipinski definition) is 0. The molecule has 0 radical (unpaired) electrons. The van der Waals surface area contributed by atoms with E-state index in [0.29, 0.717) is 19.7 Å². The summed E-state index contributed by atoms with van der Waals surface area (Å²) in [6, 6.07) is 8.12. The van der Waals surface area contributed by atoms with E-state index in [1.165, 1.54) is 0 Å². The number of nitrogens with zero attached hydrogens (tertiary/aromatic N) is 3. The normalized spacial score (nSPS) is 15.6. The van der Waals surface area contributed by atoms with E-state index in [0.717, 1.165) is 29.8 Å². The first-order valence-electron chi connectivity index (χ1n) is 9.96. The number of benzene rings is 1. The van der Waals surface area contributed by atoms with Crippen LogP contribution in [0.5, 0.6) is 5.75 Å². The number of imidazole rings is 1. The Labute approximate surface area is 173 Å². The highest BCUT2D eigenvalue weighted by Crippen LogP contribution is 2.32. The summed E-state index contributed by atoms with van der Waals surface area (Å²) in [7, 11) is 1.91. The van der Waals surface area contributed by atoms with Crippen molar-refractivity contribution in [2.24, 2.45) is 5.92 Å². The van der Waals surface area contributed by atoms with Crippen LogP contribution in [0.4, 0.5) is 0 Å². The molecular weight excluding hydrogens is 390 g/mol. The van der Waals surface area contributed by atoms with Gasteiger partial charge in [-0.05, 0) is 50.4 Å². The van der Waals surface area contributed by atoms with Crippen LogP contribution in [0.15, 0.2) is 35.6 Å². The lowest BCUT2D eigenvalue weighted by Gasteiger charge is -2.26. The van der Waals surface area contributed by atoms with Crippen LogP contribution in [0, 0.1) is 5.92 Å². The number of sulfone groups is 1. The van der Waals surface area contributed by atoms with Crippen molar-refractivity contribution in [3.63, 3.8) is 0 Å². The van der Waals surface area contributed by atoms with E-state index in [9.17, 15) is 8.42 Å². The first-order valence-corrected chi connectivity index (χ1v) is 11.6. The molecule has 0 aliphatic heterocycles. The van der Waals surface area contributed by atoms with Gasteiger partial charge in [0.05, 0.1) is 31.4 Å². The van der Waals surface area contributed by atoms with Gasteiger partial charge in [0, 0.05) is 26.2 Å². The Kier molecular flexibility index (Phi) is 6.97. The number of rotatable bonds is 11. The minimum absolute atomic E-state index is 0.127. The standard InChI is InChI=1S/C21H31N3O4S/c1-16(18-6-5-7-20(12-18)28-4)23(2)14-19-13-22-21(24(19)10-11-27-3)29(25,26)15-17-8-9-17/h5-7,12-13,16-17H,8-11,14-15H2,1-4H3. The third-order valence-corrected chi connectivity index (χ3v) is 7.29. The van der Waals surface area contributed by atoms with Gasteiger partial charge >= 0.3 is 0 Å². The van der Waals surface area contributed by atoms with Crippen LogP contribution in [0.1, 0.15) is 37.1 Å². The van der Waals surface area contributed by atoms with Crippen LogP contribution in [-0.2, 0) is 27.7 Å². The van der Waals surface area contributed by atoms with Crippen molar-refractivity contribution >= 4 is 9.84 Å². The molecule has 1 aliphatic carbocycles. The van der Waals surface area contributed by atoms with Gasteiger partial charge in [0.15, 0.2) is 0 Å². The Bertz CT molecular complexity index is 922. The maximum atomic E-state index is 12.8. The molecule has 1 atom stereocenters. The second kappa shape index (κ2) is 9.28. The highest BCUT2D eigenvalue weighted by Gasteiger charge is 2.32. The van der Waals surface area contributed by atoms with Crippen molar-refractivity contribution in [1.29, 1.82) is 0 Å². The lowest BCUT2D eigenvalue weighted by atomic mass is 10.1. The summed E-state index contributed by atoms with van der Waals surface area (Å²) in [5, 5.41) is 0.166. The molecule has 1 fully saturated rings. The summed E-state index contributed by atoms with van der Waals surface area (Å²) >= 11 is 0. The molecule has 1 aromatic carbocycles. The Morgan fingerprint density at radius 2 is 2.07 bits per heavy atom. The molecule has 1 unspecified atom stereocenters. The number of methoxy groups -OCH3 is 2. The van der Waals surface area contributed by atoms with Gasteiger partial charge in [-0.25, -0.2) is 13.4 Å². The predicted octanol–water partition coefficient (Wildman–Crippen LogP) is 2.91. The quantitative estimate of drug-likeness (QED) is 0.555. The molecule has 0 amide bonds. The minimum Gasteiger partial charge on any atom is -0.497 e.